The predicted octanol–water partition coefficient (Wildman–Crippen LogP) is 4.18. The van der Waals surface area contributed by atoms with E-state index in [1.807, 2.05) is 19.9 Å². The van der Waals surface area contributed by atoms with E-state index in [-0.39, 0.29) is 4.90 Å². The van der Waals surface area contributed by atoms with Gasteiger partial charge in [0, 0.05) is 24.1 Å². The van der Waals surface area contributed by atoms with Gasteiger partial charge in [-0.25, -0.2) is 23.4 Å². The third-order valence-corrected chi connectivity index (χ3v) is 6.33. The zero-order valence-electron chi connectivity index (χ0n) is 17.3. The summed E-state index contributed by atoms with van der Waals surface area (Å²) in [5.74, 6) is 1.49. The Morgan fingerprint density at radius 1 is 0.935 bits per heavy atom. The maximum atomic E-state index is 12.8. The van der Waals surface area contributed by atoms with E-state index < -0.39 is 10.0 Å². The van der Waals surface area contributed by atoms with Gasteiger partial charge in [-0.2, -0.15) is 0 Å². The minimum atomic E-state index is -3.71. The molecule has 0 aliphatic carbocycles. The van der Waals surface area contributed by atoms with Gasteiger partial charge in [0.25, 0.3) is 10.0 Å². The van der Waals surface area contributed by atoms with Crippen LogP contribution in [-0.2, 0) is 10.0 Å². The number of ether oxygens (including phenoxy) is 1. The van der Waals surface area contributed by atoms with E-state index in [1.165, 1.54) is 6.33 Å². The Balaban J connectivity index is 1.50. The minimum absolute atomic E-state index is 0.268. The van der Waals surface area contributed by atoms with Crippen LogP contribution in [-0.4, -0.2) is 27.9 Å². The third-order valence-electron chi connectivity index (χ3n) is 4.81. The molecule has 0 aliphatic heterocycles. The van der Waals surface area contributed by atoms with E-state index >= 15 is 0 Å². The highest BCUT2D eigenvalue weighted by Crippen LogP contribution is 2.25. The molecule has 2 heterocycles. The van der Waals surface area contributed by atoms with Crippen molar-refractivity contribution in [2.24, 2.45) is 0 Å². The van der Waals surface area contributed by atoms with Crippen LogP contribution in [0.4, 0.5) is 5.69 Å². The van der Waals surface area contributed by atoms with Crippen molar-refractivity contribution >= 4 is 15.7 Å². The fourth-order valence-electron chi connectivity index (χ4n) is 3.07. The lowest BCUT2D eigenvalue weighted by Gasteiger charge is -2.13. The highest BCUT2D eigenvalue weighted by molar-refractivity contribution is 7.92. The fourth-order valence-corrected chi connectivity index (χ4v) is 4.44. The molecule has 4 aromatic rings. The molecule has 0 atom stereocenters. The molecular formula is C22H21N5O3S. The first-order chi connectivity index (χ1) is 14.8. The molecule has 0 fully saturated rings. The Labute approximate surface area is 180 Å². The molecule has 0 aliphatic rings. The maximum Gasteiger partial charge on any atom is 0.262 e. The summed E-state index contributed by atoms with van der Waals surface area (Å²) in [5.41, 5.74) is 3.12. The highest BCUT2D eigenvalue weighted by Gasteiger charge is 2.18. The molecule has 0 radical (unpaired) electrons. The van der Waals surface area contributed by atoms with Crippen LogP contribution in [0.1, 0.15) is 16.7 Å². The summed E-state index contributed by atoms with van der Waals surface area (Å²) in [6.45, 7) is 5.64. The Bertz CT molecular complexity index is 1320. The van der Waals surface area contributed by atoms with E-state index in [0.29, 0.717) is 28.7 Å². The largest absolute Gasteiger partial charge is 0.439 e. The number of hydrogen-bond acceptors (Lipinski definition) is 6. The average molecular weight is 436 g/mol. The average Bonchev–Trinajstić information content (AvgIpc) is 3.27. The van der Waals surface area contributed by atoms with Crippen LogP contribution in [0.25, 0.3) is 5.82 Å². The van der Waals surface area contributed by atoms with Crippen molar-refractivity contribution in [3.8, 4) is 17.4 Å². The normalized spacial score (nSPS) is 11.3. The summed E-state index contributed by atoms with van der Waals surface area (Å²) in [6.07, 6.45) is 6.45. The summed E-state index contributed by atoms with van der Waals surface area (Å²) >= 11 is 0. The van der Waals surface area contributed by atoms with Crippen LogP contribution in [0, 0.1) is 20.8 Å². The van der Waals surface area contributed by atoms with Crippen molar-refractivity contribution in [3.05, 3.63) is 84.2 Å². The highest BCUT2D eigenvalue weighted by atomic mass is 32.2. The van der Waals surface area contributed by atoms with Gasteiger partial charge < -0.3 is 4.74 Å². The second-order valence-electron chi connectivity index (χ2n) is 7.12. The van der Waals surface area contributed by atoms with E-state index in [9.17, 15) is 8.42 Å². The zero-order chi connectivity index (χ0) is 22.0. The second-order valence-corrected chi connectivity index (χ2v) is 8.77. The van der Waals surface area contributed by atoms with Gasteiger partial charge in [-0.3, -0.25) is 9.29 Å². The number of aryl methyl sites for hydroxylation is 3. The summed E-state index contributed by atoms with van der Waals surface area (Å²) < 4.78 is 35.8. The lowest BCUT2D eigenvalue weighted by atomic mass is 10.1. The first-order valence-electron chi connectivity index (χ1n) is 9.51. The van der Waals surface area contributed by atoms with Gasteiger partial charge in [0.15, 0.2) is 0 Å². The molecule has 8 nitrogen and oxygen atoms in total. The summed E-state index contributed by atoms with van der Waals surface area (Å²) in [4.78, 5) is 12.6. The summed E-state index contributed by atoms with van der Waals surface area (Å²) in [7, 11) is -3.71. The van der Waals surface area contributed by atoms with Crippen LogP contribution in [0.15, 0.2) is 72.4 Å². The Hall–Kier alpha value is -3.72. The van der Waals surface area contributed by atoms with Crippen LogP contribution in [0.2, 0.25) is 0 Å². The van der Waals surface area contributed by atoms with Gasteiger partial charge >= 0.3 is 0 Å². The van der Waals surface area contributed by atoms with E-state index in [2.05, 4.69) is 19.7 Å². The number of hydrogen-bond donors (Lipinski definition) is 1. The van der Waals surface area contributed by atoms with Crippen LogP contribution >= 0.6 is 0 Å². The molecule has 1 N–H and O–H groups in total. The lowest BCUT2D eigenvalue weighted by Crippen LogP contribution is -2.14. The van der Waals surface area contributed by atoms with Crippen LogP contribution in [0.3, 0.4) is 0 Å². The number of sulfonamides is 1. The number of nitrogens with one attached hydrogen (secondary N) is 1. The lowest BCUT2D eigenvalue weighted by molar-refractivity contribution is 0.461. The molecule has 2 aromatic carbocycles. The van der Waals surface area contributed by atoms with Gasteiger partial charge in [0.2, 0.25) is 5.88 Å². The Morgan fingerprint density at radius 2 is 1.68 bits per heavy atom. The molecule has 0 amide bonds. The molecule has 2 aromatic heterocycles. The number of benzene rings is 2. The second kappa shape index (κ2) is 8.19. The number of nitrogens with zero attached hydrogens (tertiary/aromatic N) is 4. The van der Waals surface area contributed by atoms with E-state index in [0.717, 1.165) is 11.1 Å². The molecule has 4 rings (SSSR count). The van der Waals surface area contributed by atoms with Gasteiger partial charge in [0.05, 0.1) is 4.90 Å². The zero-order valence-corrected chi connectivity index (χ0v) is 18.1. The number of imidazole rings is 1. The molecule has 0 unspecified atom stereocenters. The molecule has 158 valence electrons. The molecule has 0 spiro atoms. The summed E-state index contributed by atoms with van der Waals surface area (Å²) in [6, 6.07) is 11.9. The van der Waals surface area contributed by atoms with Crippen LogP contribution < -0.4 is 9.46 Å². The topological polar surface area (TPSA) is 99.0 Å². The minimum Gasteiger partial charge on any atom is -0.439 e. The first kappa shape index (κ1) is 20.5. The monoisotopic (exact) mass is 435 g/mol. The van der Waals surface area contributed by atoms with E-state index in [4.69, 9.17) is 4.74 Å². The van der Waals surface area contributed by atoms with E-state index in [1.54, 1.807) is 66.6 Å². The Kier molecular flexibility index (Phi) is 5.43. The van der Waals surface area contributed by atoms with Gasteiger partial charge in [-0.05, 0) is 67.8 Å². The van der Waals surface area contributed by atoms with Crippen LogP contribution in [0.5, 0.6) is 11.6 Å². The van der Waals surface area contributed by atoms with Crippen molar-refractivity contribution in [3.63, 3.8) is 0 Å². The van der Waals surface area contributed by atoms with Gasteiger partial charge in [-0.15, -0.1) is 0 Å². The SMILES string of the molecule is Cc1cc(C)c(S(=O)(=O)Nc2ccc(Oc3cc(-n4ccnc4)ncn3)cc2)cc1C. The van der Waals surface area contributed by atoms with Crippen molar-refractivity contribution in [2.45, 2.75) is 25.7 Å². The first-order valence-corrected chi connectivity index (χ1v) is 11.0. The summed E-state index contributed by atoms with van der Waals surface area (Å²) in [5, 5.41) is 0. The smallest absolute Gasteiger partial charge is 0.262 e. The molecule has 0 saturated carbocycles. The number of anilines is 1. The van der Waals surface area contributed by atoms with Gasteiger partial charge in [0.1, 0.15) is 24.2 Å². The molecule has 0 bridgehead atoms. The third kappa shape index (κ3) is 4.56. The molecular weight excluding hydrogens is 414 g/mol. The van der Waals surface area contributed by atoms with Crippen molar-refractivity contribution in [1.82, 2.24) is 19.5 Å². The molecule has 0 saturated heterocycles. The molecule has 31 heavy (non-hydrogen) atoms. The molecule has 9 heteroatoms. The van der Waals surface area contributed by atoms with Crippen molar-refractivity contribution < 1.29 is 13.2 Å². The quantitative estimate of drug-likeness (QED) is 0.488. The standard InChI is InChI=1S/C22H21N5O3S/c1-15-10-17(3)20(11-16(15)2)31(28,29)26-18-4-6-19(7-5-18)30-22-12-21(24-13-25-22)27-9-8-23-14-27/h4-14,26H,1-3H3. The van der Waals surface area contributed by atoms with Crippen molar-refractivity contribution in [1.29, 1.82) is 0 Å². The van der Waals surface area contributed by atoms with Gasteiger partial charge in [-0.1, -0.05) is 6.07 Å². The fraction of sp³-hybridized carbons (Fsp3) is 0.136. The maximum absolute atomic E-state index is 12.8. The van der Waals surface area contributed by atoms with Crippen molar-refractivity contribution in [2.75, 3.05) is 4.72 Å². The predicted molar refractivity (Wildman–Crippen MR) is 117 cm³/mol. The number of rotatable bonds is 6. The number of aromatic nitrogens is 4. The Morgan fingerprint density at radius 3 is 2.39 bits per heavy atom.